The van der Waals surface area contributed by atoms with E-state index in [-0.39, 0.29) is 17.5 Å². The molecule has 3 nitrogen and oxygen atoms in total. The quantitative estimate of drug-likeness (QED) is 0.388. The van der Waals surface area contributed by atoms with Crippen LogP contribution in [0.5, 0.6) is 0 Å². The minimum Gasteiger partial charge on any atom is -0.372 e. The van der Waals surface area contributed by atoms with E-state index in [1.807, 2.05) is 54.6 Å². The average molecular weight is 394 g/mol. The van der Waals surface area contributed by atoms with E-state index in [1.54, 1.807) is 21.3 Å². The van der Waals surface area contributed by atoms with Crippen LogP contribution in [0.2, 0.25) is 0 Å². The topological polar surface area (TPSA) is 27.7 Å². The highest BCUT2D eigenvalue weighted by atomic mass is 31.1. The second-order valence-corrected chi connectivity index (χ2v) is 8.74. The van der Waals surface area contributed by atoms with Gasteiger partial charge in [-0.15, -0.1) is 0 Å². The van der Waals surface area contributed by atoms with Crippen molar-refractivity contribution >= 4 is 7.92 Å². The molecule has 0 saturated heterocycles. The van der Waals surface area contributed by atoms with Crippen LogP contribution in [0.1, 0.15) is 34.2 Å². The Balaban J connectivity index is 2.11. The Kier molecular flexibility index (Phi) is 7.76. The van der Waals surface area contributed by atoms with Gasteiger partial charge in [-0.3, -0.25) is 0 Å². The normalized spacial score (nSPS) is 15.5. The van der Waals surface area contributed by atoms with Crippen LogP contribution in [0.25, 0.3) is 0 Å². The molecular weight excluding hydrogens is 367 g/mol. The van der Waals surface area contributed by atoms with E-state index in [4.69, 9.17) is 14.2 Å². The van der Waals surface area contributed by atoms with Gasteiger partial charge in [0.25, 0.3) is 0 Å². The van der Waals surface area contributed by atoms with Gasteiger partial charge in [0.15, 0.2) is 0 Å². The molecule has 0 radical (unpaired) electrons. The minimum absolute atomic E-state index is 0.133. The summed E-state index contributed by atoms with van der Waals surface area (Å²) in [7, 11) is 4.35. The van der Waals surface area contributed by atoms with E-state index >= 15 is 0 Å². The van der Waals surface area contributed by atoms with E-state index in [2.05, 4.69) is 36.4 Å². The fourth-order valence-electron chi connectivity index (χ4n) is 3.51. The van der Waals surface area contributed by atoms with Gasteiger partial charge in [0.2, 0.25) is 0 Å². The molecule has 28 heavy (non-hydrogen) atoms. The molecule has 0 spiro atoms. The summed E-state index contributed by atoms with van der Waals surface area (Å²) in [6.45, 7) is 0. The van der Waals surface area contributed by atoms with E-state index in [9.17, 15) is 0 Å². The maximum Gasteiger partial charge on any atom is 0.107 e. The highest BCUT2D eigenvalue weighted by molar-refractivity contribution is 7.58. The van der Waals surface area contributed by atoms with Crippen molar-refractivity contribution < 1.29 is 14.2 Å². The molecule has 0 aliphatic rings. The number of rotatable bonds is 9. The lowest BCUT2D eigenvalue weighted by Crippen LogP contribution is -2.15. The molecule has 3 aromatic rings. The van der Waals surface area contributed by atoms with Crippen LogP contribution in [0.3, 0.4) is 0 Å². The first kappa shape index (κ1) is 20.7. The molecule has 4 heteroatoms. The second kappa shape index (κ2) is 10.5. The molecule has 0 aliphatic carbocycles. The summed E-state index contributed by atoms with van der Waals surface area (Å²) in [5.41, 5.74) is 3.39. The molecule has 3 rings (SSSR count). The van der Waals surface area contributed by atoms with Gasteiger partial charge in [-0.2, -0.15) is 0 Å². The van der Waals surface area contributed by atoms with Gasteiger partial charge >= 0.3 is 0 Å². The van der Waals surface area contributed by atoms with Gasteiger partial charge in [-0.25, -0.2) is 0 Å². The Morgan fingerprint density at radius 1 is 0.464 bits per heavy atom. The summed E-state index contributed by atoms with van der Waals surface area (Å²) >= 11 is 0. The number of hydrogen-bond acceptors (Lipinski definition) is 3. The number of ether oxygens (including phenoxy) is 3. The van der Waals surface area contributed by atoms with Gasteiger partial charge in [0.1, 0.15) is 17.5 Å². The van der Waals surface area contributed by atoms with Crippen LogP contribution >= 0.6 is 7.92 Å². The zero-order valence-corrected chi connectivity index (χ0v) is 17.5. The van der Waals surface area contributed by atoms with Crippen LogP contribution in [-0.4, -0.2) is 21.3 Å². The first-order valence-electron chi connectivity index (χ1n) is 9.30. The lowest BCUT2D eigenvalue weighted by Gasteiger charge is -2.38. The summed E-state index contributed by atoms with van der Waals surface area (Å²) in [6, 6.07) is 31.0. The molecule has 0 saturated carbocycles. The van der Waals surface area contributed by atoms with Crippen molar-refractivity contribution in [1.82, 2.24) is 0 Å². The number of benzene rings is 3. The summed E-state index contributed by atoms with van der Waals surface area (Å²) in [5.74, 6) is -0.399. The van der Waals surface area contributed by atoms with Gasteiger partial charge < -0.3 is 14.2 Å². The Morgan fingerprint density at radius 2 is 0.714 bits per heavy atom. The van der Waals surface area contributed by atoms with E-state index in [0.717, 1.165) is 16.7 Å². The van der Waals surface area contributed by atoms with Gasteiger partial charge in [0.05, 0.1) is 0 Å². The maximum atomic E-state index is 6.08. The summed E-state index contributed by atoms with van der Waals surface area (Å²) < 4.78 is 18.2. The molecule has 3 aromatic carbocycles. The summed E-state index contributed by atoms with van der Waals surface area (Å²) in [5, 5.41) is 0. The molecule has 146 valence electrons. The maximum absolute atomic E-state index is 6.08. The third-order valence-electron chi connectivity index (χ3n) is 4.74. The summed E-state index contributed by atoms with van der Waals surface area (Å²) in [6.07, 6.45) is 0. The van der Waals surface area contributed by atoms with Crippen molar-refractivity contribution in [2.75, 3.05) is 21.3 Å². The SMILES string of the molecule is COC(c1ccccc1)P(C(OC)c1ccccc1)C(OC)c1ccccc1. The van der Waals surface area contributed by atoms with E-state index < -0.39 is 7.92 Å². The van der Waals surface area contributed by atoms with Crippen LogP contribution in [0, 0.1) is 0 Å². The first-order valence-corrected chi connectivity index (χ1v) is 10.9. The zero-order chi connectivity index (χ0) is 19.8. The van der Waals surface area contributed by atoms with Crippen LogP contribution < -0.4 is 0 Å². The first-order chi connectivity index (χ1) is 13.8. The van der Waals surface area contributed by atoms with Crippen molar-refractivity contribution in [2.45, 2.75) is 17.5 Å². The Morgan fingerprint density at radius 3 is 0.929 bits per heavy atom. The third-order valence-corrected chi connectivity index (χ3v) is 7.89. The van der Waals surface area contributed by atoms with Crippen molar-refractivity contribution in [3.63, 3.8) is 0 Å². The lowest BCUT2D eigenvalue weighted by molar-refractivity contribution is 0.115. The smallest absolute Gasteiger partial charge is 0.107 e. The lowest BCUT2D eigenvalue weighted by atomic mass is 10.2. The van der Waals surface area contributed by atoms with Crippen molar-refractivity contribution in [3.8, 4) is 0 Å². The average Bonchev–Trinajstić information content (AvgIpc) is 2.77. The van der Waals surface area contributed by atoms with E-state index in [0.29, 0.717) is 0 Å². The highest BCUT2D eigenvalue weighted by Gasteiger charge is 2.39. The third kappa shape index (κ3) is 4.68. The molecule has 3 atom stereocenters. The fraction of sp³-hybridized carbons (Fsp3) is 0.250. The molecule has 0 heterocycles. The highest BCUT2D eigenvalue weighted by Crippen LogP contribution is 2.70. The Bertz CT molecular complexity index is 698. The molecule has 0 amide bonds. The number of hydrogen-bond donors (Lipinski definition) is 0. The molecule has 0 aliphatic heterocycles. The molecule has 0 aromatic heterocycles. The molecule has 0 fully saturated rings. The van der Waals surface area contributed by atoms with Crippen LogP contribution in [-0.2, 0) is 14.2 Å². The van der Waals surface area contributed by atoms with E-state index in [1.165, 1.54) is 0 Å². The fourth-order valence-corrected chi connectivity index (χ4v) is 6.53. The van der Waals surface area contributed by atoms with Gasteiger partial charge in [0, 0.05) is 21.3 Å². The summed E-state index contributed by atoms with van der Waals surface area (Å²) in [4.78, 5) is 0. The van der Waals surface area contributed by atoms with Crippen molar-refractivity contribution in [2.24, 2.45) is 0 Å². The monoisotopic (exact) mass is 394 g/mol. The minimum atomic E-state index is -0.947. The van der Waals surface area contributed by atoms with Crippen LogP contribution in [0.15, 0.2) is 91.0 Å². The van der Waals surface area contributed by atoms with Crippen LogP contribution in [0.4, 0.5) is 0 Å². The van der Waals surface area contributed by atoms with Gasteiger partial charge in [-0.05, 0) is 24.6 Å². The van der Waals surface area contributed by atoms with Crippen molar-refractivity contribution in [1.29, 1.82) is 0 Å². The molecule has 0 N–H and O–H groups in total. The Labute approximate surface area is 169 Å². The molecular formula is C24H27O3P. The second-order valence-electron chi connectivity index (χ2n) is 6.44. The molecule has 3 unspecified atom stereocenters. The molecule has 0 bridgehead atoms. The van der Waals surface area contributed by atoms with Crippen molar-refractivity contribution in [3.05, 3.63) is 108 Å². The zero-order valence-electron chi connectivity index (χ0n) is 16.6. The predicted molar refractivity (Wildman–Crippen MR) is 115 cm³/mol. The van der Waals surface area contributed by atoms with Gasteiger partial charge in [-0.1, -0.05) is 91.0 Å². The predicted octanol–water partition coefficient (Wildman–Crippen LogP) is 6.50. The standard InChI is InChI=1S/C24H27O3P/c1-25-22(19-13-7-4-8-14-19)28(23(26-2)20-15-9-5-10-16-20)24(27-3)21-17-11-6-12-18-21/h4-18,22-24H,1-3H3. The largest absolute Gasteiger partial charge is 0.372 e. The number of methoxy groups -OCH3 is 3. The Hall–Kier alpha value is -2.03.